The Bertz CT molecular complexity index is 1030. The van der Waals surface area contributed by atoms with Gasteiger partial charge in [-0.2, -0.15) is 0 Å². The summed E-state index contributed by atoms with van der Waals surface area (Å²) >= 11 is 0. The summed E-state index contributed by atoms with van der Waals surface area (Å²) in [6.45, 7) is 2.43. The van der Waals surface area contributed by atoms with Gasteiger partial charge in [0.1, 0.15) is 0 Å². The van der Waals surface area contributed by atoms with E-state index in [-0.39, 0.29) is 36.4 Å². The Morgan fingerprint density at radius 2 is 1.73 bits per heavy atom. The number of rotatable bonds is 8. The van der Waals surface area contributed by atoms with Gasteiger partial charge in [0.25, 0.3) is 11.8 Å². The van der Waals surface area contributed by atoms with Gasteiger partial charge >= 0.3 is 0 Å². The number of carbonyl (C=O) groups excluding carboxylic acids is 3. The summed E-state index contributed by atoms with van der Waals surface area (Å²) in [5.41, 5.74) is 2.93. The van der Waals surface area contributed by atoms with Crippen LogP contribution < -0.4 is 16.0 Å². The largest absolute Gasteiger partial charge is 0.459 e. The molecule has 0 saturated heterocycles. The fourth-order valence-corrected chi connectivity index (χ4v) is 2.86. The van der Waals surface area contributed by atoms with E-state index in [1.165, 1.54) is 6.26 Å². The second-order valence-electron chi connectivity index (χ2n) is 6.73. The second-order valence-corrected chi connectivity index (χ2v) is 6.73. The van der Waals surface area contributed by atoms with Crippen molar-refractivity contribution in [2.24, 2.45) is 0 Å². The van der Waals surface area contributed by atoms with Crippen molar-refractivity contribution < 1.29 is 18.8 Å². The molecule has 0 aliphatic rings. The van der Waals surface area contributed by atoms with E-state index in [2.05, 4.69) is 16.0 Å². The Balaban J connectivity index is 1.43. The first-order valence-corrected chi connectivity index (χ1v) is 9.57. The third-order valence-electron chi connectivity index (χ3n) is 4.45. The maximum absolute atomic E-state index is 12.2. The van der Waals surface area contributed by atoms with Crippen LogP contribution in [0.15, 0.2) is 71.3 Å². The lowest BCUT2D eigenvalue weighted by molar-refractivity contribution is -0.121. The quantitative estimate of drug-likeness (QED) is 0.535. The van der Waals surface area contributed by atoms with Gasteiger partial charge in [-0.1, -0.05) is 30.3 Å². The molecular formula is C23H23N3O4. The minimum atomic E-state index is -0.342. The molecule has 3 aromatic rings. The van der Waals surface area contributed by atoms with Gasteiger partial charge in [-0.3, -0.25) is 14.4 Å². The SMILES string of the molecule is Cc1ccccc1C(=O)NCCC(=O)NCc1cccc(NC(=O)c2ccco2)c1. The summed E-state index contributed by atoms with van der Waals surface area (Å²) in [6, 6.07) is 17.7. The molecule has 7 nitrogen and oxygen atoms in total. The molecule has 3 rings (SSSR count). The van der Waals surface area contributed by atoms with E-state index in [4.69, 9.17) is 4.42 Å². The van der Waals surface area contributed by atoms with Gasteiger partial charge in [0.15, 0.2) is 5.76 Å². The predicted octanol–water partition coefficient (Wildman–Crippen LogP) is 3.28. The Kier molecular flexibility index (Phi) is 7.00. The molecule has 30 heavy (non-hydrogen) atoms. The first-order valence-electron chi connectivity index (χ1n) is 9.57. The molecule has 0 aliphatic carbocycles. The molecular weight excluding hydrogens is 382 g/mol. The van der Waals surface area contributed by atoms with Gasteiger partial charge in [0.05, 0.1) is 6.26 Å². The van der Waals surface area contributed by atoms with Crippen LogP contribution in [0.1, 0.15) is 38.5 Å². The van der Waals surface area contributed by atoms with E-state index >= 15 is 0 Å². The molecule has 0 aliphatic heterocycles. The molecule has 0 fully saturated rings. The molecule has 3 N–H and O–H groups in total. The first kappa shape index (κ1) is 20.9. The van der Waals surface area contributed by atoms with Crippen LogP contribution in [-0.4, -0.2) is 24.3 Å². The Morgan fingerprint density at radius 3 is 2.50 bits per heavy atom. The van der Waals surface area contributed by atoms with Crippen molar-refractivity contribution in [2.45, 2.75) is 19.9 Å². The standard InChI is InChI=1S/C23H23N3O4/c1-16-6-2-3-9-19(16)22(28)24-12-11-21(27)25-15-17-7-4-8-18(14-17)26-23(29)20-10-5-13-30-20/h2-10,13-14H,11-12,15H2,1H3,(H,24,28)(H,25,27)(H,26,29). The molecule has 2 aromatic carbocycles. The summed E-state index contributed by atoms with van der Waals surface area (Å²) in [5.74, 6) is -0.488. The highest BCUT2D eigenvalue weighted by Crippen LogP contribution is 2.13. The minimum absolute atomic E-state index is 0.173. The molecule has 0 saturated carbocycles. The maximum atomic E-state index is 12.2. The van der Waals surface area contributed by atoms with Crippen molar-refractivity contribution in [1.82, 2.24) is 10.6 Å². The monoisotopic (exact) mass is 405 g/mol. The van der Waals surface area contributed by atoms with Crippen LogP contribution in [0.25, 0.3) is 0 Å². The lowest BCUT2D eigenvalue weighted by Crippen LogP contribution is -2.30. The molecule has 1 aromatic heterocycles. The third-order valence-corrected chi connectivity index (χ3v) is 4.45. The number of benzene rings is 2. The summed E-state index contributed by atoms with van der Waals surface area (Å²) in [5, 5.41) is 8.31. The average molecular weight is 405 g/mol. The number of furan rings is 1. The number of amides is 3. The Labute approximate surface area is 174 Å². The van der Waals surface area contributed by atoms with Crippen LogP contribution in [0.2, 0.25) is 0 Å². The van der Waals surface area contributed by atoms with Gasteiger partial charge < -0.3 is 20.4 Å². The van der Waals surface area contributed by atoms with E-state index in [1.807, 2.05) is 25.1 Å². The van der Waals surface area contributed by atoms with Gasteiger partial charge in [-0.05, 0) is 48.4 Å². The highest BCUT2D eigenvalue weighted by molar-refractivity contribution is 6.02. The molecule has 0 atom stereocenters. The Morgan fingerprint density at radius 1 is 0.900 bits per heavy atom. The van der Waals surface area contributed by atoms with Crippen molar-refractivity contribution in [3.05, 3.63) is 89.4 Å². The van der Waals surface area contributed by atoms with Crippen LogP contribution in [0.5, 0.6) is 0 Å². The summed E-state index contributed by atoms with van der Waals surface area (Å²) in [7, 11) is 0. The molecule has 0 radical (unpaired) electrons. The maximum Gasteiger partial charge on any atom is 0.291 e. The summed E-state index contributed by atoms with van der Waals surface area (Å²) in [6.07, 6.45) is 1.61. The lowest BCUT2D eigenvalue weighted by Gasteiger charge is -2.09. The number of anilines is 1. The van der Waals surface area contributed by atoms with Crippen LogP contribution in [0, 0.1) is 6.92 Å². The van der Waals surface area contributed by atoms with Crippen LogP contribution in [0.4, 0.5) is 5.69 Å². The van der Waals surface area contributed by atoms with Crippen molar-refractivity contribution in [3.63, 3.8) is 0 Å². The number of hydrogen-bond acceptors (Lipinski definition) is 4. The van der Waals surface area contributed by atoms with Crippen molar-refractivity contribution in [2.75, 3.05) is 11.9 Å². The second kappa shape index (κ2) is 10.1. The predicted molar refractivity (Wildman–Crippen MR) is 113 cm³/mol. The molecule has 7 heteroatoms. The van der Waals surface area contributed by atoms with Crippen molar-refractivity contribution in [3.8, 4) is 0 Å². The van der Waals surface area contributed by atoms with E-state index < -0.39 is 0 Å². The van der Waals surface area contributed by atoms with Gasteiger partial charge in [0, 0.05) is 30.8 Å². The molecule has 154 valence electrons. The average Bonchev–Trinajstić information content (AvgIpc) is 3.28. The van der Waals surface area contributed by atoms with Crippen LogP contribution in [-0.2, 0) is 11.3 Å². The molecule has 0 bridgehead atoms. The minimum Gasteiger partial charge on any atom is -0.459 e. The van der Waals surface area contributed by atoms with E-state index in [0.717, 1.165) is 11.1 Å². The van der Waals surface area contributed by atoms with Crippen LogP contribution in [0.3, 0.4) is 0 Å². The normalized spacial score (nSPS) is 10.3. The Hall–Kier alpha value is -3.87. The van der Waals surface area contributed by atoms with E-state index in [9.17, 15) is 14.4 Å². The van der Waals surface area contributed by atoms with Gasteiger partial charge in [-0.25, -0.2) is 0 Å². The van der Waals surface area contributed by atoms with Gasteiger partial charge in [0.2, 0.25) is 5.91 Å². The van der Waals surface area contributed by atoms with E-state index in [0.29, 0.717) is 17.8 Å². The smallest absolute Gasteiger partial charge is 0.291 e. The van der Waals surface area contributed by atoms with E-state index in [1.54, 1.807) is 42.5 Å². The lowest BCUT2D eigenvalue weighted by atomic mass is 10.1. The molecule has 0 spiro atoms. The molecule has 0 unspecified atom stereocenters. The molecule has 1 heterocycles. The van der Waals surface area contributed by atoms with Crippen LogP contribution >= 0.6 is 0 Å². The fourth-order valence-electron chi connectivity index (χ4n) is 2.86. The number of carbonyl (C=O) groups is 3. The highest BCUT2D eigenvalue weighted by Gasteiger charge is 2.10. The zero-order valence-corrected chi connectivity index (χ0v) is 16.6. The highest BCUT2D eigenvalue weighted by atomic mass is 16.3. The third kappa shape index (κ3) is 5.81. The number of hydrogen-bond donors (Lipinski definition) is 3. The zero-order chi connectivity index (χ0) is 21.3. The first-order chi connectivity index (χ1) is 14.5. The van der Waals surface area contributed by atoms with Gasteiger partial charge in [-0.15, -0.1) is 0 Å². The zero-order valence-electron chi connectivity index (χ0n) is 16.6. The van der Waals surface area contributed by atoms with Crippen molar-refractivity contribution >= 4 is 23.4 Å². The number of aryl methyl sites for hydroxylation is 1. The topological polar surface area (TPSA) is 100 Å². The summed E-state index contributed by atoms with van der Waals surface area (Å²) < 4.78 is 5.07. The van der Waals surface area contributed by atoms with Crippen molar-refractivity contribution in [1.29, 1.82) is 0 Å². The summed E-state index contributed by atoms with van der Waals surface area (Å²) in [4.78, 5) is 36.3. The fraction of sp³-hybridized carbons (Fsp3) is 0.174. The molecule has 3 amide bonds. The number of nitrogens with one attached hydrogen (secondary N) is 3.